The molecular weight excluding hydrogens is 316 g/mol. The first kappa shape index (κ1) is 16.3. The molecule has 0 saturated heterocycles. The number of hydrogen-bond donors (Lipinski definition) is 3. The Bertz CT molecular complexity index is 594. The predicted octanol–water partition coefficient (Wildman–Crippen LogP) is 2.55. The molecule has 0 atom stereocenters. The summed E-state index contributed by atoms with van der Waals surface area (Å²) in [6.07, 6.45) is -3.53. The van der Waals surface area contributed by atoms with Crippen LogP contribution in [0.15, 0.2) is 23.9 Å². The zero-order valence-electron chi connectivity index (χ0n) is 9.72. The molecule has 1 rings (SSSR count). The van der Waals surface area contributed by atoms with Gasteiger partial charge in [0.05, 0.1) is 11.6 Å². The number of benzene rings is 1. The zero-order chi connectivity index (χ0) is 15.5. The number of hydrogen-bond acceptors (Lipinski definition) is 3. The van der Waals surface area contributed by atoms with Gasteiger partial charge in [0.25, 0.3) is 0 Å². The molecule has 0 aliphatic rings. The molecule has 106 valence electrons. The minimum Gasteiger partial charge on any atom is -0.390 e. The van der Waals surface area contributed by atoms with E-state index in [2.05, 4.69) is 0 Å². The zero-order valence-corrected chi connectivity index (χ0v) is 11.2. The Labute approximate surface area is 122 Å². The number of nitriles is 1. The van der Waals surface area contributed by atoms with Gasteiger partial charge in [-0.1, -0.05) is 23.2 Å². The highest BCUT2D eigenvalue weighted by Crippen LogP contribution is 2.36. The number of halogens is 5. The summed E-state index contributed by atoms with van der Waals surface area (Å²) in [6, 6.07) is 3.03. The van der Waals surface area contributed by atoms with Crippen molar-refractivity contribution in [2.24, 2.45) is 5.73 Å². The molecule has 0 spiro atoms. The summed E-state index contributed by atoms with van der Waals surface area (Å²) < 4.78 is 37.6. The molecule has 9 heteroatoms. The van der Waals surface area contributed by atoms with E-state index in [4.69, 9.17) is 39.6 Å². The molecule has 0 aliphatic heterocycles. The van der Waals surface area contributed by atoms with E-state index in [0.717, 1.165) is 11.4 Å². The van der Waals surface area contributed by atoms with E-state index in [9.17, 15) is 13.2 Å². The van der Waals surface area contributed by atoms with Crippen molar-refractivity contribution < 1.29 is 18.5 Å². The normalized spacial score (nSPS) is 12.1. The van der Waals surface area contributed by atoms with Crippen LogP contribution in [0.4, 0.5) is 18.9 Å². The third-order valence-corrected chi connectivity index (χ3v) is 2.77. The Hall–Kier alpha value is -1.75. The Morgan fingerprint density at radius 3 is 2.25 bits per heavy atom. The molecule has 0 bridgehead atoms. The Morgan fingerprint density at radius 1 is 1.35 bits per heavy atom. The number of nitrogens with zero attached hydrogens (tertiary/aromatic N) is 1. The van der Waals surface area contributed by atoms with Gasteiger partial charge in [0.2, 0.25) is 5.84 Å². The van der Waals surface area contributed by atoms with Crippen molar-refractivity contribution in [3.05, 3.63) is 39.5 Å². The lowest BCUT2D eigenvalue weighted by molar-refractivity contribution is -0.443. The molecule has 1 aromatic rings. The molecule has 0 aromatic heterocycles. The number of nitrogens with two attached hydrogens (primary N) is 2. The van der Waals surface area contributed by atoms with Gasteiger partial charge in [-0.3, -0.25) is 10.7 Å². The van der Waals surface area contributed by atoms with Crippen LogP contribution in [-0.4, -0.2) is 5.84 Å². The minimum absolute atomic E-state index is 0.0494. The highest BCUT2D eigenvalue weighted by molar-refractivity contribution is 6.38. The fourth-order valence-corrected chi connectivity index (χ4v) is 1.88. The molecule has 0 aliphatic carbocycles. The van der Waals surface area contributed by atoms with Gasteiger partial charge in [-0.25, -0.2) is 0 Å². The van der Waals surface area contributed by atoms with Crippen molar-refractivity contribution >= 4 is 34.7 Å². The Morgan fingerprint density at radius 2 is 1.85 bits per heavy atom. The second kappa shape index (κ2) is 6.13. The lowest BCUT2D eigenvalue weighted by Gasteiger charge is -2.10. The predicted molar refractivity (Wildman–Crippen MR) is 68.7 cm³/mol. The van der Waals surface area contributed by atoms with Crippen LogP contribution in [0.3, 0.4) is 0 Å². The lowest BCUT2D eigenvalue weighted by Crippen LogP contribution is -2.81. The van der Waals surface area contributed by atoms with Crippen molar-refractivity contribution in [1.29, 1.82) is 10.7 Å². The Kier molecular flexibility index (Phi) is 5.00. The Balaban J connectivity index is 3.11. The summed E-state index contributed by atoms with van der Waals surface area (Å²) in [5.41, 5.74) is 4.06. The number of nitrogens with one attached hydrogen (secondary N) is 1. The fraction of sp³-hybridized carbons (Fsp3) is 0.0909. The molecule has 5 N–H and O–H groups in total. The van der Waals surface area contributed by atoms with Crippen LogP contribution in [-0.2, 0) is 6.18 Å². The third kappa shape index (κ3) is 4.13. The summed E-state index contributed by atoms with van der Waals surface area (Å²) in [5, 5.41) is 16.6. The number of quaternary nitrogens is 1. The summed E-state index contributed by atoms with van der Waals surface area (Å²) in [7, 11) is 0. The number of rotatable bonds is 2. The summed E-state index contributed by atoms with van der Waals surface area (Å²) in [6.45, 7) is 0. The van der Waals surface area contributed by atoms with Gasteiger partial charge in [-0.2, -0.15) is 18.4 Å². The van der Waals surface area contributed by atoms with Crippen LogP contribution in [0.1, 0.15) is 5.56 Å². The van der Waals surface area contributed by atoms with Crippen LogP contribution in [0.25, 0.3) is 0 Å². The van der Waals surface area contributed by atoms with Crippen LogP contribution in [0, 0.1) is 16.7 Å². The first-order chi connectivity index (χ1) is 9.15. The second-order valence-corrected chi connectivity index (χ2v) is 4.48. The maximum absolute atomic E-state index is 12.5. The number of allylic oxidation sites excluding steroid dienone is 1. The van der Waals surface area contributed by atoms with Gasteiger partial charge in [0.1, 0.15) is 21.8 Å². The van der Waals surface area contributed by atoms with Crippen molar-refractivity contribution in [2.45, 2.75) is 6.18 Å². The van der Waals surface area contributed by atoms with E-state index in [-0.39, 0.29) is 27.3 Å². The van der Waals surface area contributed by atoms with Crippen molar-refractivity contribution in [3.63, 3.8) is 0 Å². The quantitative estimate of drug-likeness (QED) is 0.338. The van der Waals surface area contributed by atoms with Crippen LogP contribution >= 0.6 is 23.2 Å². The molecule has 20 heavy (non-hydrogen) atoms. The van der Waals surface area contributed by atoms with Crippen LogP contribution in [0.2, 0.25) is 10.0 Å². The standard InChI is InChI=1S/C11H7Cl2F3N4/c12-7-1-5(11(14,15)16)2-8(13)10(7)20-9(19)3-6(18)4-17/h1-3H,18H2,(H2,19,20)/p+1. The van der Waals surface area contributed by atoms with Gasteiger partial charge in [0.15, 0.2) is 5.69 Å². The molecule has 0 heterocycles. The average molecular weight is 324 g/mol. The molecule has 0 amide bonds. The van der Waals surface area contributed by atoms with Crippen LogP contribution in [0.5, 0.6) is 0 Å². The fourth-order valence-electron chi connectivity index (χ4n) is 1.28. The monoisotopic (exact) mass is 323 g/mol. The second-order valence-electron chi connectivity index (χ2n) is 3.66. The SMILES string of the molecule is N#CC(N)=CC(=N)[NH2+]c1c(Cl)cc(C(F)(F)F)cc1Cl. The summed E-state index contributed by atoms with van der Waals surface area (Å²) >= 11 is 11.5. The van der Waals surface area contributed by atoms with E-state index in [1.165, 1.54) is 0 Å². The van der Waals surface area contributed by atoms with Gasteiger partial charge in [-0.05, 0) is 12.1 Å². The molecule has 0 saturated carbocycles. The molecule has 4 nitrogen and oxygen atoms in total. The van der Waals surface area contributed by atoms with Gasteiger partial charge >= 0.3 is 6.18 Å². The van der Waals surface area contributed by atoms with Gasteiger partial charge in [-0.15, -0.1) is 0 Å². The van der Waals surface area contributed by atoms with E-state index < -0.39 is 11.7 Å². The maximum atomic E-state index is 12.5. The highest BCUT2D eigenvalue weighted by atomic mass is 35.5. The maximum Gasteiger partial charge on any atom is 0.416 e. The van der Waals surface area contributed by atoms with E-state index >= 15 is 0 Å². The summed E-state index contributed by atoms with van der Waals surface area (Å²) in [5.74, 6) is -0.215. The van der Waals surface area contributed by atoms with Gasteiger partial charge < -0.3 is 5.73 Å². The van der Waals surface area contributed by atoms with Crippen LogP contribution < -0.4 is 11.1 Å². The number of amidine groups is 1. The largest absolute Gasteiger partial charge is 0.416 e. The van der Waals surface area contributed by atoms with Crippen molar-refractivity contribution in [2.75, 3.05) is 0 Å². The minimum atomic E-state index is -4.57. The molecule has 1 aromatic carbocycles. The smallest absolute Gasteiger partial charge is 0.390 e. The molecule has 0 unspecified atom stereocenters. The highest BCUT2D eigenvalue weighted by Gasteiger charge is 2.32. The average Bonchev–Trinajstić information content (AvgIpc) is 2.32. The molecule has 0 fully saturated rings. The first-order valence-corrected chi connectivity index (χ1v) is 5.77. The van der Waals surface area contributed by atoms with Gasteiger partial charge in [0, 0.05) is 0 Å². The first-order valence-electron chi connectivity index (χ1n) is 5.02. The van der Waals surface area contributed by atoms with E-state index in [0.29, 0.717) is 12.1 Å². The summed E-state index contributed by atoms with van der Waals surface area (Å²) in [4.78, 5) is 0. The van der Waals surface area contributed by atoms with Crippen molar-refractivity contribution in [3.8, 4) is 6.07 Å². The molecule has 0 radical (unpaired) electrons. The van der Waals surface area contributed by atoms with E-state index in [1.54, 1.807) is 6.07 Å². The van der Waals surface area contributed by atoms with E-state index in [1.807, 2.05) is 0 Å². The topological polar surface area (TPSA) is 90.3 Å². The number of alkyl halides is 3. The lowest BCUT2D eigenvalue weighted by atomic mass is 10.2. The third-order valence-electron chi connectivity index (χ3n) is 2.15. The molecular formula is C11H8Cl2F3N4+. The van der Waals surface area contributed by atoms with Crippen molar-refractivity contribution in [1.82, 2.24) is 0 Å².